The van der Waals surface area contributed by atoms with Crippen LogP contribution in [0.4, 0.5) is 0 Å². The van der Waals surface area contributed by atoms with Gasteiger partial charge >= 0.3 is 5.97 Å². The first kappa shape index (κ1) is 19.3. The molecular weight excluding hydrogens is 348 g/mol. The van der Waals surface area contributed by atoms with Crippen molar-refractivity contribution >= 4 is 5.97 Å². The first-order valence-corrected chi connectivity index (χ1v) is 9.24. The van der Waals surface area contributed by atoms with Crippen LogP contribution in [0.2, 0.25) is 0 Å². The van der Waals surface area contributed by atoms with E-state index in [-0.39, 0.29) is 6.54 Å². The Labute approximate surface area is 158 Å². The summed E-state index contributed by atoms with van der Waals surface area (Å²) in [6, 6.07) is 7.86. The first-order valence-electron chi connectivity index (χ1n) is 9.24. The van der Waals surface area contributed by atoms with E-state index in [4.69, 9.17) is 14.4 Å². The van der Waals surface area contributed by atoms with Gasteiger partial charge in [0.1, 0.15) is 5.75 Å². The van der Waals surface area contributed by atoms with Crippen LogP contribution in [0.1, 0.15) is 25.7 Å². The van der Waals surface area contributed by atoms with E-state index in [1.54, 1.807) is 7.11 Å². The quantitative estimate of drug-likeness (QED) is 0.751. The van der Waals surface area contributed by atoms with E-state index < -0.39 is 5.97 Å². The summed E-state index contributed by atoms with van der Waals surface area (Å²) in [5, 5.41) is 13.1. The van der Waals surface area contributed by atoms with Crippen molar-refractivity contribution < 1.29 is 19.2 Å². The van der Waals surface area contributed by atoms with Crippen LogP contribution in [0.3, 0.4) is 0 Å². The van der Waals surface area contributed by atoms with Gasteiger partial charge < -0.3 is 14.4 Å². The van der Waals surface area contributed by atoms with Gasteiger partial charge in [-0.25, -0.2) is 0 Å². The minimum absolute atomic E-state index is 0.107. The van der Waals surface area contributed by atoms with Crippen LogP contribution in [0, 0.1) is 0 Å². The number of likely N-dealkylation sites (tertiary alicyclic amines) is 1. The number of aromatic nitrogens is 2. The fraction of sp³-hybridized carbons (Fsp3) is 0.526. The Balaban J connectivity index is 1.53. The lowest BCUT2D eigenvalue weighted by Gasteiger charge is -2.36. The lowest BCUT2D eigenvalue weighted by molar-refractivity contribution is -0.139. The molecule has 1 aromatic carbocycles. The topological polar surface area (TPSA) is 91.9 Å². The zero-order valence-electron chi connectivity index (χ0n) is 15.8. The Morgan fingerprint density at radius 2 is 2.04 bits per heavy atom. The lowest BCUT2D eigenvalue weighted by Crippen LogP contribution is -2.46. The zero-order chi connectivity index (χ0) is 19.2. The molecule has 146 valence electrons. The molecule has 1 saturated heterocycles. The van der Waals surface area contributed by atoms with Crippen molar-refractivity contribution in [1.82, 2.24) is 19.9 Å². The Hall–Kier alpha value is -2.45. The molecule has 1 aromatic heterocycles. The van der Waals surface area contributed by atoms with Crippen molar-refractivity contribution in [3.8, 4) is 17.1 Å². The average molecular weight is 374 g/mol. The van der Waals surface area contributed by atoms with Gasteiger partial charge in [0, 0.05) is 24.7 Å². The highest BCUT2D eigenvalue weighted by Crippen LogP contribution is 2.21. The second-order valence-corrected chi connectivity index (χ2v) is 6.70. The van der Waals surface area contributed by atoms with Crippen LogP contribution in [-0.4, -0.2) is 70.3 Å². The molecule has 0 aliphatic carbocycles. The Kier molecular flexibility index (Phi) is 6.41. The number of methoxy groups -OCH3 is 1. The Morgan fingerprint density at radius 3 is 2.63 bits per heavy atom. The molecule has 0 amide bonds. The predicted octanol–water partition coefficient (Wildman–Crippen LogP) is 2.12. The number of ether oxygens (including phenoxy) is 1. The highest BCUT2D eigenvalue weighted by Gasteiger charge is 2.26. The molecule has 1 fully saturated rings. The van der Waals surface area contributed by atoms with Crippen LogP contribution < -0.4 is 4.74 Å². The maximum atomic E-state index is 11.0. The van der Waals surface area contributed by atoms with Crippen molar-refractivity contribution in [3.05, 3.63) is 30.2 Å². The van der Waals surface area contributed by atoms with E-state index >= 15 is 0 Å². The normalized spacial score (nSPS) is 16.0. The highest BCUT2D eigenvalue weighted by molar-refractivity contribution is 5.69. The zero-order valence-corrected chi connectivity index (χ0v) is 15.8. The molecule has 0 spiro atoms. The molecule has 8 nitrogen and oxygen atoms in total. The van der Waals surface area contributed by atoms with Crippen molar-refractivity contribution in [1.29, 1.82) is 0 Å². The number of rotatable bonds is 8. The van der Waals surface area contributed by atoms with Crippen molar-refractivity contribution in [3.63, 3.8) is 0 Å². The summed E-state index contributed by atoms with van der Waals surface area (Å²) < 4.78 is 10.6. The molecule has 2 heterocycles. The maximum absolute atomic E-state index is 11.0. The van der Waals surface area contributed by atoms with Crippen LogP contribution in [0.25, 0.3) is 11.4 Å². The fourth-order valence-corrected chi connectivity index (χ4v) is 3.48. The molecule has 2 aromatic rings. The number of carbonyl (C=O) groups is 1. The van der Waals surface area contributed by atoms with Gasteiger partial charge in [-0.15, -0.1) is 0 Å². The van der Waals surface area contributed by atoms with Gasteiger partial charge in [0.05, 0.1) is 20.2 Å². The largest absolute Gasteiger partial charge is 0.497 e. The Morgan fingerprint density at radius 1 is 1.33 bits per heavy atom. The number of hydrogen-bond acceptors (Lipinski definition) is 7. The molecule has 0 unspecified atom stereocenters. The minimum Gasteiger partial charge on any atom is -0.497 e. The Bertz CT molecular complexity index is 738. The number of likely N-dealkylation sites (N-methyl/N-ethyl adjacent to an activating group) is 1. The third-order valence-corrected chi connectivity index (χ3v) is 4.99. The van der Waals surface area contributed by atoms with Gasteiger partial charge in [-0.3, -0.25) is 14.6 Å². The summed E-state index contributed by atoms with van der Waals surface area (Å²) in [7, 11) is 1.63. The van der Waals surface area contributed by atoms with Gasteiger partial charge in [0.15, 0.2) is 0 Å². The maximum Gasteiger partial charge on any atom is 0.317 e. The van der Waals surface area contributed by atoms with Crippen molar-refractivity contribution in [2.24, 2.45) is 0 Å². The second kappa shape index (κ2) is 8.96. The van der Waals surface area contributed by atoms with E-state index in [1.807, 2.05) is 36.1 Å². The van der Waals surface area contributed by atoms with Crippen LogP contribution >= 0.6 is 0 Å². The van der Waals surface area contributed by atoms with Gasteiger partial charge in [-0.2, -0.15) is 4.98 Å². The van der Waals surface area contributed by atoms with Gasteiger partial charge in [0.25, 0.3) is 0 Å². The summed E-state index contributed by atoms with van der Waals surface area (Å²) in [6.45, 7) is 5.26. The van der Waals surface area contributed by atoms with Gasteiger partial charge in [-0.05, 0) is 43.7 Å². The number of nitrogens with zero attached hydrogens (tertiary/aromatic N) is 4. The molecule has 3 rings (SSSR count). The molecular formula is C19H26N4O4. The number of piperidine rings is 1. The number of benzene rings is 1. The highest BCUT2D eigenvalue weighted by atomic mass is 16.5. The summed E-state index contributed by atoms with van der Waals surface area (Å²) in [4.78, 5) is 19.8. The van der Waals surface area contributed by atoms with E-state index in [2.05, 4.69) is 15.0 Å². The van der Waals surface area contributed by atoms with Crippen molar-refractivity contribution in [2.75, 3.05) is 33.3 Å². The standard InChI is InChI=1S/C19H26N4O4/c1-3-23(13-18(24)25)15-8-10-22(11-9-15)12-17-20-19(21-27-17)14-4-6-16(26-2)7-5-14/h4-7,15H,3,8-13H2,1-2H3,(H,24,25). The van der Waals surface area contributed by atoms with Crippen LogP contribution in [-0.2, 0) is 11.3 Å². The monoisotopic (exact) mass is 374 g/mol. The summed E-state index contributed by atoms with van der Waals surface area (Å²) in [5.74, 6) is 1.18. The van der Waals surface area contributed by atoms with Crippen LogP contribution in [0.15, 0.2) is 28.8 Å². The van der Waals surface area contributed by atoms with E-state index in [9.17, 15) is 4.79 Å². The molecule has 0 bridgehead atoms. The molecule has 0 radical (unpaired) electrons. The number of carboxylic acid groups (broad SMARTS) is 1. The SMILES string of the molecule is CCN(CC(=O)O)C1CCN(Cc2nc(-c3ccc(OC)cc3)no2)CC1. The summed E-state index contributed by atoms with van der Waals surface area (Å²) in [5.41, 5.74) is 0.886. The van der Waals surface area contributed by atoms with Gasteiger partial charge in [0.2, 0.25) is 11.7 Å². The van der Waals surface area contributed by atoms with E-state index in [1.165, 1.54) is 0 Å². The minimum atomic E-state index is -0.767. The molecule has 8 heteroatoms. The molecule has 1 aliphatic heterocycles. The third kappa shape index (κ3) is 5.05. The smallest absolute Gasteiger partial charge is 0.317 e. The number of aliphatic carboxylic acids is 1. The molecule has 27 heavy (non-hydrogen) atoms. The number of carboxylic acids is 1. The van der Waals surface area contributed by atoms with E-state index in [0.29, 0.717) is 24.3 Å². The van der Waals surface area contributed by atoms with E-state index in [0.717, 1.165) is 43.8 Å². The van der Waals surface area contributed by atoms with Crippen LogP contribution in [0.5, 0.6) is 5.75 Å². The summed E-state index contributed by atoms with van der Waals surface area (Å²) in [6.07, 6.45) is 1.89. The summed E-state index contributed by atoms with van der Waals surface area (Å²) >= 11 is 0. The molecule has 1 aliphatic rings. The average Bonchev–Trinajstić information content (AvgIpc) is 3.15. The molecule has 0 saturated carbocycles. The molecule has 0 atom stereocenters. The number of hydrogen-bond donors (Lipinski definition) is 1. The fourth-order valence-electron chi connectivity index (χ4n) is 3.48. The second-order valence-electron chi connectivity index (χ2n) is 6.70. The predicted molar refractivity (Wildman–Crippen MR) is 99.5 cm³/mol. The third-order valence-electron chi connectivity index (χ3n) is 4.99. The molecule has 1 N–H and O–H groups in total. The lowest BCUT2D eigenvalue weighted by atomic mass is 10.0. The van der Waals surface area contributed by atoms with Crippen molar-refractivity contribution in [2.45, 2.75) is 32.4 Å². The van der Waals surface area contributed by atoms with Gasteiger partial charge in [-0.1, -0.05) is 12.1 Å². The first-order chi connectivity index (χ1) is 13.1.